The minimum absolute atomic E-state index is 0.188. The molecule has 21 heavy (non-hydrogen) atoms. The zero-order valence-electron chi connectivity index (χ0n) is 13.0. The number of carbonyl (C=O) groups is 1. The van der Waals surface area contributed by atoms with Gasteiger partial charge in [0, 0.05) is 31.9 Å². The Morgan fingerprint density at radius 3 is 2.86 bits per heavy atom. The number of carbonyl (C=O) groups excluding carboxylic acids is 1. The number of amides is 1. The van der Waals surface area contributed by atoms with Crippen LogP contribution in [-0.2, 0) is 4.79 Å². The molecule has 0 bridgehead atoms. The van der Waals surface area contributed by atoms with E-state index in [1.54, 1.807) is 0 Å². The van der Waals surface area contributed by atoms with Crippen molar-refractivity contribution in [2.24, 2.45) is 0 Å². The van der Waals surface area contributed by atoms with Gasteiger partial charge in [-0.2, -0.15) is 0 Å². The number of hydrogen-bond donors (Lipinski definition) is 1. The summed E-state index contributed by atoms with van der Waals surface area (Å²) in [5.74, 6) is 0.188. The number of nitrogens with zero attached hydrogens (tertiary/aromatic N) is 2. The lowest BCUT2D eigenvalue weighted by molar-refractivity contribution is -0.122. The maximum Gasteiger partial charge on any atom is 0.234 e. The molecular weight excluding hydrogens is 262 g/mol. The zero-order chi connectivity index (χ0) is 14.8. The van der Waals surface area contributed by atoms with Crippen LogP contribution in [-0.4, -0.2) is 44.0 Å². The molecule has 3 rings (SSSR count). The maximum atomic E-state index is 12.0. The molecule has 4 nitrogen and oxygen atoms in total. The molecule has 1 aliphatic carbocycles. The third kappa shape index (κ3) is 3.56. The van der Waals surface area contributed by atoms with Gasteiger partial charge in [-0.1, -0.05) is 12.1 Å². The minimum Gasteiger partial charge on any atom is -0.378 e. The fourth-order valence-electron chi connectivity index (χ4n) is 3.09. The van der Waals surface area contributed by atoms with Crippen LogP contribution < -0.4 is 10.2 Å². The van der Waals surface area contributed by atoms with Crippen molar-refractivity contribution < 1.29 is 4.79 Å². The average molecular weight is 287 g/mol. The topological polar surface area (TPSA) is 35.6 Å². The van der Waals surface area contributed by atoms with Gasteiger partial charge in [-0.25, -0.2) is 0 Å². The quantitative estimate of drug-likeness (QED) is 0.901. The van der Waals surface area contributed by atoms with Gasteiger partial charge in [0.2, 0.25) is 5.91 Å². The van der Waals surface area contributed by atoms with Crippen molar-refractivity contribution in [1.82, 2.24) is 10.2 Å². The van der Waals surface area contributed by atoms with E-state index >= 15 is 0 Å². The van der Waals surface area contributed by atoms with E-state index in [-0.39, 0.29) is 5.91 Å². The Labute approximate surface area is 127 Å². The molecular formula is C17H25N3O. The Morgan fingerprint density at radius 1 is 1.33 bits per heavy atom. The second-order valence-electron chi connectivity index (χ2n) is 6.46. The van der Waals surface area contributed by atoms with Crippen LogP contribution in [0, 0.1) is 0 Å². The normalized spacial score (nSPS) is 22.3. The largest absolute Gasteiger partial charge is 0.378 e. The van der Waals surface area contributed by atoms with Crippen LogP contribution in [0.3, 0.4) is 0 Å². The molecule has 4 heteroatoms. The summed E-state index contributed by atoms with van der Waals surface area (Å²) in [7, 11) is 4.13. The highest BCUT2D eigenvalue weighted by Crippen LogP contribution is 2.33. The lowest BCUT2D eigenvalue weighted by atomic mass is 10.0. The highest BCUT2D eigenvalue weighted by atomic mass is 16.2. The van der Waals surface area contributed by atoms with E-state index in [1.165, 1.54) is 17.7 Å². The van der Waals surface area contributed by atoms with E-state index < -0.39 is 0 Å². The van der Waals surface area contributed by atoms with Crippen molar-refractivity contribution in [3.8, 4) is 0 Å². The molecule has 1 aromatic rings. The summed E-state index contributed by atoms with van der Waals surface area (Å²) >= 11 is 0. The lowest BCUT2D eigenvalue weighted by Gasteiger charge is -2.25. The Bertz CT molecular complexity index is 511. The maximum absolute atomic E-state index is 12.0. The van der Waals surface area contributed by atoms with Gasteiger partial charge >= 0.3 is 0 Å². The van der Waals surface area contributed by atoms with E-state index in [2.05, 4.69) is 53.5 Å². The number of anilines is 1. The molecule has 2 fully saturated rings. The Kier molecular flexibility index (Phi) is 4.15. The lowest BCUT2D eigenvalue weighted by Crippen LogP contribution is -2.37. The van der Waals surface area contributed by atoms with Crippen molar-refractivity contribution in [2.45, 2.75) is 37.8 Å². The van der Waals surface area contributed by atoms with Crippen molar-refractivity contribution in [2.75, 3.05) is 32.1 Å². The van der Waals surface area contributed by atoms with Crippen LogP contribution in [0.4, 0.5) is 5.69 Å². The molecule has 0 spiro atoms. The van der Waals surface area contributed by atoms with Gasteiger partial charge in [-0.05, 0) is 49.9 Å². The Hall–Kier alpha value is -1.55. The Balaban J connectivity index is 1.67. The first-order chi connectivity index (χ1) is 10.1. The molecule has 1 unspecified atom stereocenters. The van der Waals surface area contributed by atoms with E-state index in [9.17, 15) is 4.79 Å². The van der Waals surface area contributed by atoms with Crippen LogP contribution in [0.2, 0.25) is 0 Å². The fraction of sp³-hybridized carbons (Fsp3) is 0.588. The third-order valence-corrected chi connectivity index (χ3v) is 4.42. The molecule has 1 amide bonds. The molecule has 2 aliphatic rings. The summed E-state index contributed by atoms with van der Waals surface area (Å²) in [6, 6.07) is 9.52. The standard InChI is InChI=1S/C17H25N3O/c1-19(2)15-6-3-5-13(11-15)16-7-4-10-20(16)12-17(21)18-14-8-9-14/h3,5-6,11,14,16H,4,7-10,12H2,1-2H3,(H,18,21). The van der Waals surface area contributed by atoms with Gasteiger partial charge in [0.25, 0.3) is 0 Å². The predicted molar refractivity (Wildman–Crippen MR) is 85.5 cm³/mol. The van der Waals surface area contributed by atoms with E-state index in [1.807, 2.05) is 0 Å². The van der Waals surface area contributed by atoms with Crippen molar-refractivity contribution in [1.29, 1.82) is 0 Å². The molecule has 1 saturated heterocycles. The SMILES string of the molecule is CN(C)c1cccc(C2CCCN2CC(=O)NC2CC2)c1. The predicted octanol–water partition coefficient (Wildman–Crippen LogP) is 2.17. The summed E-state index contributed by atoms with van der Waals surface area (Å²) in [5, 5.41) is 3.09. The highest BCUT2D eigenvalue weighted by Gasteiger charge is 2.29. The van der Waals surface area contributed by atoms with Crippen LogP contribution in [0.25, 0.3) is 0 Å². The van der Waals surface area contributed by atoms with E-state index in [0.29, 0.717) is 18.6 Å². The molecule has 0 aromatic heterocycles. The number of hydrogen-bond acceptors (Lipinski definition) is 3. The smallest absolute Gasteiger partial charge is 0.234 e. The zero-order valence-corrected chi connectivity index (χ0v) is 13.0. The van der Waals surface area contributed by atoms with Crippen LogP contribution in [0.5, 0.6) is 0 Å². The molecule has 0 radical (unpaired) electrons. The average Bonchev–Trinajstić information content (AvgIpc) is 3.15. The number of likely N-dealkylation sites (tertiary alicyclic amines) is 1. The Morgan fingerprint density at radius 2 is 2.14 bits per heavy atom. The summed E-state index contributed by atoms with van der Waals surface area (Å²) in [5.41, 5.74) is 2.56. The molecule has 114 valence electrons. The van der Waals surface area contributed by atoms with Crippen LogP contribution in [0.1, 0.15) is 37.3 Å². The summed E-state index contributed by atoms with van der Waals surface area (Å²) in [6.45, 7) is 1.56. The first-order valence-electron chi connectivity index (χ1n) is 7.94. The van der Waals surface area contributed by atoms with Gasteiger partial charge < -0.3 is 10.2 Å². The molecule has 1 heterocycles. The van der Waals surface area contributed by atoms with Crippen LogP contribution >= 0.6 is 0 Å². The highest BCUT2D eigenvalue weighted by molar-refractivity contribution is 5.78. The third-order valence-electron chi connectivity index (χ3n) is 4.42. The summed E-state index contributed by atoms with van der Waals surface area (Å²) in [4.78, 5) is 16.5. The molecule has 1 atom stereocenters. The van der Waals surface area contributed by atoms with Gasteiger partial charge in [0.1, 0.15) is 0 Å². The molecule has 1 aromatic carbocycles. The van der Waals surface area contributed by atoms with Gasteiger partial charge in [-0.3, -0.25) is 9.69 Å². The molecule has 1 N–H and O–H groups in total. The van der Waals surface area contributed by atoms with Gasteiger partial charge in [0.05, 0.1) is 6.54 Å². The van der Waals surface area contributed by atoms with Crippen molar-refractivity contribution in [3.05, 3.63) is 29.8 Å². The fourth-order valence-corrected chi connectivity index (χ4v) is 3.09. The summed E-state index contributed by atoms with van der Waals surface area (Å²) in [6.07, 6.45) is 4.63. The number of nitrogens with one attached hydrogen (secondary N) is 1. The second kappa shape index (κ2) is 6.06. The molecule has 1 saturated carbocycles. The van der Waals surface area contributed by atoms with Crippen LogP contribution in [0.15, 0.2) is 24.3 Å². The first kappa shape index (κ1) is 14.4. The second-order valence-corrected chi connectivity index (χ2v) is 6.46. The number of benzene rings is 1. The minimum atomic E-state index is 0.188. The van der Waals surface area contributed by atoms with E-state index in [4.69, 9.17) is 0 Å². The van der Waals surface area contributed by atoms with Crippen molar-refractivity contribution >= 4 is 11.6 Å². The van der Waals surface area contributed by atoms with E-state index in [0.717, 1.165) is 25.8 Å². The molecule has 1 aliphatic heterocycles. The first-order valence-corrected chi connectivity index (χ1v) is 7.94. The summed E-state index contributed by atoms with van der Waals surface area (Å²) < 4.78 is 0. The van der Waals surface area contributed by atoms with Gasteiger partial charge in [-0.15, -0.1) is 0 Å². The van der Waals surface area contributed by atoms with Gasteiger partial charge in [0.15, 0.2) is 0 Å². The number of rotatable bonds is 5. The van der Waals surface area contributed by atoms with Crippen molar-refractivity contribution in [3.63, 3.8) is 0 Å². The monoisotopic (exact) mass is 287 g/mol.